The molecular weight excluding hydrogens is 293 g/mol. The molecule has 0 aromatic heterocycles. The number of hydrogen-bond acceptors (Lipinski definition) is 3. The molecule has 0 bridgehead atoms. The van der Waals surface area contributed by atoms with Gasteiger partial charge in [0.15, 0.2) is 0 Å². The molecule has 0 aliphatic rings. The van der Waals surface area contributed by atoms with Crippen LogP contribution in [0.1, 0.15) is 11.1 Å². The standard InChI is InChI=1S/C18H16FN3O/c1-12-6-5-9-16(13(12)2)22-18(23)14(10-20)11-21-17-8-4-3-7-15(17)19/h3-9,11,21H,1-2H3,(H,22,23)/b14-11-. The minimum Gasteiger partial charge on any atom is -0.358 e. The fourth-order valence-electron chi connectivity index (χ4n) is 1.95. The molecule has 0 unspecified atom stereocenters. The van der Waals surface area contributed by atoms with Crippen LogP contribution in [0.25, 0.3) is 0 Å². The fourth-order valence-corrected chi connectivity index (χ4v) is 1.95. The van der Waals surface area contributed by atoms with Crippen molar-refractivity contribution in [2.24, 2.45) is 0 Å². The number of anilines is 2. The summed E-state index contributed by atoms with van der Waals surface area (Å²) in [6.07, 6.45) is 1.19. The minimum absolute atomic E-state index is 0.144. The Morgan fingerprint density at radius 3 is 2.52 bits per heavy atom. The molecule has 0 saturated carbocycles. The molecule has 0 aliphatic carbocycles. The van der Waals surface area contributed by atoms with Crippen LogP contribution in [0.3, 0.4) is 0 Å². The van der Waals surface area contributed by atoms with Gasteiger partial charge in [0, 0.05) is 11.9 Å². The highest BCUT2D eigenvalue weighted by Gasteiger charge is 2.11. The van der Waals surface area contributed by atoms with Crippen molar-refractivity contribution < 1.29 is 9.18 Å². The summed E-state index contributed by atoms with van der Waals surface area (Å²) < 4.78 is 13.5. The van der Waals surface area contributed by atoms with Gasteiger partial charge in [-0.25, -0.2) is 4.39 Å². The molecule has 2 aromatic carbocycles. The van der Waals surface area contributed by atoms with E-state index in [1.165, 1.54) is 18.3 Å². The van der Waals surface area contributed by atoms with E-state index in [1.807, 2.05) is 32.0 Å². The quantitative estimate of drug-likeness (QED) is 0.665. The molecule has 5 heteroatoms. The van der Waals surface area contributed by atoms with Gasteiger partial charge in [-0.1, -0.05) is 24.3 Å². The Balaban J connectivity index is 2.16. The van der Waals surface area contributed by atoms with E-state index < -0.39 is 11.7 Å². The summed E-state index contributed by atoms with van der Waals surface area (Å²) in [7, 11) is 0. The molecule has 0 heterocycles. The van der Waals surface area contributed by atoms with Gasteiger partial charge >= 0.3 is 0 Å². The highest BCUT2D eigenvalue weighted by atomic mass is 19.1. The van der Waals surface area contributed by atoms with E-state index in [2.05, 4.69) is 10.6 Å². The van der Waals surface area contributed by atoms with Crippen molar-refractivity contribution in [3.05, 3.63) is 71.2 Å². The molecule has 0 radical (unpaired) electrons. The first-order chi connectivity index (χ1) is 11.0. The van der Waals surface area contributed by atoms with Crippen molar-refractivity contribution in [2.75, 3.05) is 10.6 Å². The summed E-state index contributed by atoms with van der Waals surface area (Å²) in [6.45, 7) is 3.82. The van der Waals surface area contributed by atoms with E-state index in [-0.39, 0.29) is 11.3 Å². The lowest BCUT2D eigenvalue weighted by atomic mass is 10.1. The van der Waals surface area contributed by atoms with Crippen LogP contribution in [0.15, 0.2) is 54.2 Å². The molecule has 0 aliphatic heterocycles. The van der Waals surface area contributed by atoms with Gasteiger partial charge < -0.3 is 10.6 Å². The van der Waals surface area contributed by atoms with Gasteiger partial charge in [-0.15, -0.1) is 0 Å². The van der Waals surface area contributed by atoms with Crippen LogP contribution in [0.5, 0.6) is 0 Å². The molecule has 0 atom stereocenters. The number of amides is 1. The minimum atomic E-state index is -0.551. The zero-order valence-electron chi connectivity index (χ0n) is 12.9. The maximum Gasteiger partial charge on any atom is 0.267 e. The monoisotopic (exact) mass is 309 g/mol. The van der Waals surface area contributed by atoms with Crippen molar-refractivity contribution in [1.29, 1.82) is 5.26 Å². The normalized spacial score (nSPS) is 10.8. The number of nitriles is 1. The molecule has 2 N–H and O–H groups in total. The third-order valence-corrected chi connectivity index (χ3v) is 3.46. The lowest BCUT2D eigenvalue weighted by Gasteiger charge is -2.10. The Kier molecular flexibility index (Phi) is 5.11. The summed E-state index contributed by atoms with van der Waals surface area (Å²) in [5, 5.41) is 14.5. The van der Waals surface area contributed by atoms with Crippen molar-refractivity contribution in [3.63, 3.8) is 0 Å². The maximum absolute atomic E-state index is 13.5. The van der Waals surface area contributed by atoms with Crippen LogP contribution in [0, 0.1) is 31.0 Å². The number of nitrogens with one attached hydrogen (secondary N) is 2. The largest absolute Gasteiger partial charge is 0.358 e. The van der Waals surface area contributed by atoms with E-state index in [0.717, 1.165) is 11.1 Å². The SMILES string of the molecule is Cc1cccc(NC(=O)/C(C#N)=C\Nc2ccccc2F)c1C. The Bertz CT molecular complexity index is 806. The average Bonchev–Trinajstić information content (AvgIpc) is 2.54. The fraction of sp³-hybridized carbons (Fsp3) is 0.111. The van der Waals surface area contributed by atoms with Crippen LogP contribution < -0.4 is 10.6 Å². The number of aryl methyl sites for hydroxylation is 1. The predicted octanol–water partition coefficient (Wildman–Crippen LogP) is 3.90. The van der Waals surface area contributed by atoms with E-state index in [0.29, 0.717) is 5.69 Å². The number of nitrogens with zero attached hydrogens (tertiary/aromatic N) is 1. The smallest absolute Gasteiger partial charge is 0.267 e. The first kappa shape index (κ1) is 16.2. The van der Waals surface area contributed by atoms with Crippen LogP contribution >= 0.6 is 0 Å². The second-order valence-corrected chi connectivity index (χ2v) is 5.00. The number of benzene rings is 2. The molecule has 23 heavy (non-hydrogen) atoms. The number of hydrogen-bond donors (Lipinski definition) is 2. The van der Waals surface area contributed by atoms with E-state index in [9.17, 15) is 9.18 Å². The zero-order valence-corrected chi connectivity index (χ0v) is 12.9. The van der Waals surface area contributed by atoms with E-state index in [1.54, 1.807) is 18.2 Å². The van der Waals surface area contributed by atoms with E-state index >= 15 is 0 Å². The Hall–Kier alpha value is -3.13. The third kappa shape index (κ3) is 3.95. The highest BCUT2D eigenvalue weighted by Crippen LogP contribution is 2.19. The number of rotatable bonds is 4. The first-order valence-electron chi connectivity index (χ1n) is 7.02. The summed E-state index contributed by atoms with van der Waals surface area (Å²) in [5.41, 5.74) is 2.66. The molecular formula is C18H16FN3O. The van der Waals surface area contributed by atoms with Gasteiger partial charge in [-0.2, -0.15) is 5.26 Å². The number of para-hydroxylation sites is 1. The van der Waals surface area contributed by atoms with Gasteiger partial charge in [-0.05, 0) is 43.2 Å². The van der Waals surface area contributed by atoms with Gasteiger partial charge in [0.2, 0.25) is 0 Å². The number of carbonyl (C=O) groups excluding carboxylic acids is 1. The van der Waals surface area contributed by atoms with Crippen molar-refractivity contribution in [2.45, 2.75) is 13.8 Å². The Morgan fingerprint density at radius 2 is 1.83 bits per heavy atom. The molecule has 1 amide bonds. The Morgan fingerprint density at radius 1 is 1.13 bits per heavy atom. The lowest BCUT2D eigenvalue weighted by Crippen LogP contribution is -2.15. The van der Waals surface area contributed by atoms with Crippen LogP contribution in [0.4, 0.5) is 15.8 Å². The topological polar surface area (TPSA) is 64.9 Å². The summed E-state index contributed by atoms with van der Waals surface area (Å²) in [6, 6.07) is 13.4. The second kappa shape index (κ2) is 7.23. The molecule has 2 aromatic rings. The first-order valence-corrected chi connectivity index (χ1v) is 7.02. The van der Waals surface area contributed by atoms with Crippen molar-refractivity contribution >= 4 is 17.3 Å². The predicted molar refractivity (Wildman–Crippen MR) is 88.3 cm³/mol. The molecule has 2 rings (SSSR count). The van der Waals surface area contributed by atoms with Crippen LogP contribution in [-0.2, 0) is 4.79 Å². The van der Waals surface area contributed by atoms with Crippen molar-refractivity contribution in [1.82, 2.24) is 0 Å². The summed E-state index contributed by atoms with van der Waals surface area (Å²) in [4.78, 5) is 12.2. The molecule has 0 spiro atoms. The van der Waals surface area contributed by atoms with Gasteiger partial charge in [0.1, 0.15) is 17.5 Å². The lowest BCUT2D eigenvalue weighted by molar-refractivity contribution is -0.112. The zero-order chi connectivity index (χ0) is 16.8. The van der Waals surface area contributed by atoms with E-state index in [4.69, 9.17) is 5.26 Å². The van der Waals surface area contributed by atoms with Crippen LogP contribution in [-0.4, -0.2) is 5.91 Å². The van der Waals surface area contributed by atoms with Gasteiger partial charge in [0.05, 0.1) is 5.69 Å². The number of halogens is 1. The molecule has 0 fully saturated rings. The maximum atomic E-state index is 13.5. The molecule has 4 nitrogen and oxygen atoms in total. The third-order valence-electron chi connectivity index (χ3n) is 3.46. The summed E-state index contributed by atoms with van der Waals surface area (Å²) >= 11 is 0. The Labute approximate surface area is 134 Å². The molecule has 0 saturated heterocycles. The second-order valence-electron chi connectivity index (χ2n) is 5.00. The average molecular weight is 309 g/mol. The van der Waals surface area contributed by atoms with Gasteiger partial charge in [0.25, 0.3) is 5.91 Å². The number of carbonyl (C=O) groups is 1. The molecule has 116 valence electrons. The van der Waals surface area contributed by atoms with Gasteiger partial charge in [-0.3, -0.25) is 4.79 Å². The van der Waals surface area contributed by atoms with Crippen molar-refractivity contribution in [3.8, 4) is 6.07 Å². The summed E-state index contributed by atoms with van der Waals surface area (Å²) in [5.74, 6) is -1.01. The van der Waals surface area contributed by atoms with Crippen LogP contribution in [0.2, 0.25) is 0 Å². The highest BCUT2D eigenvalue weighted by molar-refractivity contribution is 6.07.